The third-order valence-corrected chi connectivity index (χ3v) is 2.29. The van der Waals surface area contributed by atoms with Crippen LogP contribution < -0.4 is 0 Å². The SMILES string of the molecule is CC(C)Cc1ncc(/C=N/O)s1. The number of aromatic nitrogens is 1. The summed E-state index contributed by atoms with van der Waals surface area (Å²) in [6.07, 6.45) is 4.12. The zero-order valence-electron chi connectivity index (χ0n) is 7.19. The third-order valence-electron chi connectivity index (χ3n) is 1.34. The molecular formula is C8H12N2OS. The van der Waals surface area contributed by atoms with Crippen molar-refractivity contribution in [2.24, 2.45) is 11.1 Å². The van der Waals surface area contributed by atoms with Crippen LogP contribution in [0.5, 0.6) is 0 Å². The summed E-state index contributed by atoms with van der Waals surface area (Å²) < 4.78 is 0. The molecule has 0 aliphatic rings. The largest absolute Gasteiger partial charge is 0.411 e. The van der Waals surface area contributed by atoms with Crippen LogP contribution in [0.4, 0.5) is 0 Å². The van der Waals surface area contributed by atoms with Gasteiger partial charge in [0.05, 0.1) is 16.1 Å². The van der Waals surface area contributed by atoms with Crippen molar-refractivity contribution in [3.8, 4) is 0 Å². The Bertz CT molecular complexity index is 268. The maximum Gasteiger partial charge on any atom is 0.0934 e. The Morgan fingerprint density at radius 2 is 2.50 bits per heavy atom. The highest BCUT2D eigenvalue weighted by molar-refractivity contribution is 7.13. The van der Waals surface area contributed by atoms with Gasteiger partial charge < -0.3 is 5.21 Å². The Hall–Kier alpha value is -0.900. The van der Waals surface area contributed by atoms with Crippen LogP contribution in [-0.2, 0) is 6.42 Å². The summed E-state index contributed by atoms with van der Waals surface area (Å²) >= 11 is 1.57. The average molecular weight is 184 g/mol. The number of hydrogen-bond acceptors (Lipinski definition) is 4. The van der Waals surface area contributed by atoms with E-state index in [-0.39, 0.29) is 0 Å². The molecule has 0 aromatic carbocycles. The number of thiazole rings is 1. The summed E-state index contributed by atoms with van der Waals surface area (Å²) in [6.45, 7) is 4.31. The van der Waals surface area contributed by atoms with Crippen LogP contribution in [0.2, 0.25) is 0 Å². The monoisotopic (exact) mass is 184 g/mol. The summed E-state index contributed by atoms with van der Waals surface area (Å²) in [6, 6.07) is 0. The highest BCUT2D eigenvalue weighted by Gasteiger charge is 2.02. The summed E-state index contributed by atoms with van der Waals surface area (Å²) in [7, 11) is 0. The zero-order chi connectivity index (χ0) is 8.97. The fourth-order valence-corrected chi connectivity index (χ4v) is 1.88. The number of rotatable bonds is 3. The van der Waals surface area contributed by atoms with E-state index in [0.717, 1.165) is 16.3 Å². The van der Waals surface area contributed by atoms with Crippen LogP contribution in [0.25, 0.3) is 0 Å². The molecule has 0 bridgehead atoms. The lowest BCUT2D eigenvalue weighted by atomic mass is 10.1. The standard InChI is InChI=1S/C8H12N2OS/c1-6(2)3-8-9-4-7(12-8)5-10-11/h4-6,11H,3H2,1-2H3/b10-5+. The Labute approximate surface area is 75.8 Å². The van der Waals surface area contributed by atoms with E-state index in [1.54, 1.807) is 17.5 Å². The lowest BCUT2D eigenvalue weighted by Gasteiger charge is -1.97. The highest BCUT2D eigenvalue weighted by atomic mass is 32.1. The molecule has 1 N–H and O–H groups in total. The smallest absolute Gasteiger partial charge is 0.0934 e. The lowest BCUT2D eigenvalue weighted by Crippen LogP contribution is -1.91. The molecule has 0 aliphatic carbocycles. The van der Waals surface area contributed by atoms with Crippen LogP contribution in [0.1, 0.15) is 23.7 Å². The fourth-order valence-electron chi connectivity index (χ4n) is 0.885. The van der Waals surface area contributed by atoms with Gasteiger partial charge in [-0.1, -0.05) is 19.0 Å². The molecule has 0 atom stereocenters. The molecule has 0 fully saturated rings. The number of oxime groups is 1. The fraction of sp³-hybridized carbons (Fsp3) is 0.500. The van der Waals surface area contributed by atoms with Crippen molar-refractivity contribution in [3.05, 3.63) is 16.1 Å². The van der Waals surface area contributed by atoms with Crippen LogP contribution >= 0.6 is 11.3 Å². The predicted octanol–water partition coefficient (Wildman–Crippen LogP) is 2.15. The molecule has 3 nitrogen and oxygen atoms in total. The van der Waals surface area contributed by atoms with Gasteiger partial charge in [-0.25, -0.2) is 4.98 Å². The molecule has 0 aliphatic heterocycles. The Morgan fingerprint density at radius 1 is 1.75 bits per heavy atom. The van der Waals surface area contributed by atoms with Crippen molar-refractivity contribution in [2.45, 2.75) is 20.3 Å². The topological polar surface area (TPSA) is 45.5 Å². The summed E-state index contributed by atoms with van der Waals surface area (Å²) in [5.74, 6) is 0.620. The average Bonchev–Trinajstić information content (AvgIpc) is 2.36. The van der Waals surface area contributed by atoms with Gasteiger partial charge in [-0.3, -0.25) is 0 Å². The summed E-state index contributed by atoms with van der Waals surface area (Å²) in [4.78, 5) is 5.09. The van der Waals surface area contributed by atoms with Crippen LogP contribution in [0.15, 0.2) is 11.4 Å². The molecule has 0 saturated heterocycles. The summed E-state index contributed by atoms with van der Waals surface area (Å²) in [5.41, 5.74) is 0. The zero-order valence-corrected chi connectivity index (χ0v) is 8.01. The van der Waals surface area contributed by atoms with Gasteiger partial charge in [0.25, 0.3) is 0 Å². The maximum absolute atomic E-state index is 8.26. The first-order valence-corrected chi connectivity index (χ1v) is 4.66. The van der Waals surface area contributed by atoms with Crippen molar-refractivity contribution >= 4 is 17.6 Å². The molecule has 0 amide bonds. The molecule has 4 heteroatoms. The minimum atomic E-state index is 0.620. The van der Waals surface area contributed by atoms with Gasteiger partial charge in [-0.2, -0.15) is 0 Å². The summed E-state index contributed by atoms with van der Waals surface area (Å²) in [5, 5.41) is 12.3. The Kier molecular flexibility index (Phi) is 3.22. The molecule has 1 rings (SSSR count). The Morgan fingerprint density at radius 3 is 3.08 bits per heavy atom. The first kappa shape index (κ1) is 9.19. The molecule has 0 spiro atoms. The molecule has 12 heavy (non-hydrogen) atoms. The minimum absolute atomic E-state index is 0.620. The molecule has 0 radical (unpaired) electrons. The van der Waals surface area contributed by atoms with E-state index in [2.05, 4.69) is 24.0 Å². The maximum atomic E-state index is 8.26. The first-order valence-electron chi connectivity index (χ1n) is 3.84. The third kappa shape index (κ3) is 2.62. The van der Waals surface area contributed by atoms with Gasteiger partial charge in [0, 0.05) is 12.6 Å². The molecule has 1 aromatic rings. The number of hydrogen-bond donors (Lipinski definition) is 1. The molecule has 1 aromatic heterocycles. The quantitative estimate of drug-likeness (QED) is 0.444. The normalized spacial score (nSPS) is 11.6. The van der Waals surface area contributed by atoms with E-state index in [4.69, 9.17) is 5.21 Å². The van der Waals surface area contributed by atoms with E-state index in [1.165, 1.54) is 6.21 Å². The predicted molar refractivity (Wildman–Crippen MR) is 50.0 cm³/mol. The van der Waals surface area contributed by atoms with E-state index < -0.39 is 0 Å². The van der Waals surface area contributed by atoms with Crippen molar-refractivity contribution in [3.63, 3.8) is 0 Å². The van der Waals surface area contributed by atoms with Crippen molar-refractivity contribution in [1.29, 1.82) is 0 Å². The molecule has 0 unspecified atom stereocenters. The van der Waals surface area contributed by atoms with Gasteiger partial charge in [-0.05, 0) is 5.92 Å². The van der Waals surface area contributed by atoms with E-state index in [0.29, 0.717) is 5.92 Å². The van der Waals surface area contributed by atoms with Crippen molar-refractivity contribution in [1.82, 2.24) is 4.98 Å². The van der Waals surface area contributed by atoms with E-state index in [9.17, 15) is 0 Å². The molecule has 1 heterocycles. The van der Waals surface area contributed by atoms with Gasteiger partial charge in [0.1, 0.15) is 0 Å². The van der Waals surface area contributed by atoms with Gasteiger partial charge >= 0.3 is 0 Å². The van der Waals surface area contributed by atoms with Crippen molar-refractivity contribution in [2.75, 3.05) is 0 Å². The lowest BCUT2D eigenvalue weighted by molar-refractivity contribution is 0.322. The Balaban J connectivity index is 2.64. The molecular weight excluding hydrogens is 172 g/mol. The van der Waals surface area contributed by atoms with Crippen LogP contribution in [-0.4, -0.2) is 16.4 Å². The highest BCUT2D eigenvalue weighted by Crippen LogP contribution is 2.14. The van der Waals surface area contributed by atoms with E-state index >= 15 is 0 Å². The number of nitrogens with zero attached hydrogens (tertiary/aromatic N) is 2. The second-order valence-electron chi connectivity index (χ2n) is 3.00. The second-order valence-corrected chi connectivity index (χ2v) is 4.15. The van der Waals surface area contributed by atoms with Crippen molar-refractivity contribution < 1.29 is 5.21 Å². The van der Waals surface area contributed by atoms with Crippen LogP contribution in [0.3, 0.4) is 0 Å². The minimum Gasteiger partial charge on any atom is -0.411 e. The molecule has 66 valence electrons. The van der Waals surface area contributed by atoms with Gasteiger partial charge in [0.2, 0.25) is 0 Å². The molecule has 0 saturated carbocycles. The second kappa shape index (κ2) is 4.21. The van der Waals surface area contributed by atoms with Gasteiger partial charge in [0.15, 0.2) is 0 Å². The van der Waals surface area contributed by atoms with Crippen LogP contribution in [0, 0.1) is 5.92 Å². The van der Waals surface area contributed by atoms with E-state index in [1.807, 2.05) is 0 Å². The van der Waals surface area contributed by atoms with Gasteiger partial charge in [-0.15, -0.1) is 11.3 Å². The first-order chi connectivity index (χ1) is 5.72.